The van der Waals surface area contributed by atoms with Crippen LogP contribution in [0.2, 0.25) is 0 Å². The number of halogens is 1. The van der Waals surface area contributed by atoms with Crippen molar-refractivity contribution in [3.05, 3.63) is 48.0 Å². The second kappa shape index (κ2) is 5.64. The average Bonchev–Trinajstić information content (AvgIpc) is 2.86. The van der Waals surface area contributed by atoms with Crippen molar-refractivity contribution in [1.29, 1.82) is 0 Å². The molecule has 0 aliphatic heterocycles. The first-order valence-electron chi connectivity index (χ1n) is 5.89. The number of nitrogens with zero attached hydrogens (tertiary/aromatic N) is 2. The molecule has 5 heteroatoms. The van der Waals surface area contributed by atoms with Gasteiger partial charge in [0.2, 0.25) is 0 Å². The predicted octanol–water partition coefficient (Wildman–Crippen LogP) is 2.19. The number of aromatic nitrogens is 2. The van der Waals surface area contributed by atoms with Crippen molar-refractivity contribution in [2.75, 3.05) is 11.9 Å². The standard InChI is InChI=1S/C13H16FN3O/c1-2-17-8-10(7-15-17)13(9-18)16-12-6-4-3-5-11(12)14/h3-8,13,16,18H,2,9H2,1H3. The van der Waals surface area contributed by atoms with Crippen LogP contribution in [0.3, 0.4) is 0 Å². The summed E-state index contributed by atoms with van der Waals surface area (Å²) in [7, 11) is 0. The van der Waals surface area contributed by atoms with Gasteiger partial charge in [-0.2, -0.15) is 5.10 Å². The van der Waals surface area contributed by atoms with Crippen LogP contribution in [-0.4, -0.2) is 21.5 Å². The molecule has 18 heavy (non-hydrogen) atoms. The molecule has 0 aliphatic carbocycles. The number of hydrogen-bond acceptors (Lipinski definition) is 3. The second-order valence-corrected chi connectivity index (χ2v) is 3.99. The van der Waals surface area contributed by atoms with Gasteiger partial charge < -0.3 is 10.4 Å². The first-order valence-corrected chi connectivity index (χ1v) is 5.89. The number of aliphatic hydroxyl groups is 1. The quantitative estimate of drug-likeness (QED) is 0.854. The van der Waals surface area contributed by atoms with Gasteiger partial charge in [-0.3, -0.25) is 4.68 Å². The number of aliphatic hydroxyl groups excluding tert-OH is 1. The maximum atomic E-state index is 13.5. The van der Waals surface area contributed by atoms with Crippen molar-refractivity contribution >= 4 is 5.69 Å². The zero-order valence-corrected chi connectivity index (χ0v) is 10.2. The zero-order valence-electron chi connectivity index (χ0n) is 10.2. The maximum Gasteiger partial charge on any atom is 0.146 e. The van der Waals surface area contributed by atoms with E-state index in [0.717, 1.165) is 12.1 Å². The van der Waals surface area contributed by atoms with Gasteiger partial charge in [0.1, 0.15) is 5.82 Å². The molecule has 0 spiro atoms. The summed E-state index contributed by atoms with van der Waals surface area (Å²) in [6.07, 6.45) is 3.52. The molecule has 0 amide bonds. The van der Waals surface area contributed by atoms with Gasteiger partial charge in [-0.25, -0.2) is 4.39 Å². The number of benzene rings is 1. The molecule has 1 unspecified atom stereocenters. The fourth-order valence-corrected chi connectivity index (χ4v) is 1.73. The van der Waals surface area contributed by atoms with E-state index in [-0.39, 0.29) is 18.5 Å². The van der Waals surface area contributed by atoms with Crippen molar-refractivity contribution in [3.8, 4) is 0 Å². The lowest BCUT2D eigenvalue weighted by atomic mass is 10.1. The molecule has 0 saturated carbocycles. The van der Waals surface area contributed by atoms with Crippen molar-refractivity contribution in [2.45, 2.75) is 19.5 Å². The van der Waals surface area contributed by atoms with E-state index in [1.165, 1.54) is 6.07 Å². The Hall–Kier alpha value is -1.88. The van der Waals surface area contributed by atoms with Gasteiger partial charge in [0.15, 0.2) is 0 Å². The minimum absolute atomic E-state index is 0.121. The van der Waals surface area contributed by atoms with Gasteiger partial charge in [-0.1, -0.05) is 12.1 Å². The van der Waals surface area contributed by atoms with Crippen LogP contribution in [0.15, 0.2) is 36.7 Å². The molecule has 0 aliphatic rings. The van der Waals surface area contributed by atoms with E-state index in [9.17, 15) is 9.50 Å². The normalized spacial score (nSPS) is 12.4. The molecule has 2 aromatic rings. The number of aryl methyl sites for hydroxylation is 1. The van der Waals surface area contributed by atoms with Crippen molar-refractivity contribution in [2.24, 2.45) is 0 Å². The molecule has 1 aromatic heterocycles. The third-order valence-electron chi connectivity index (χ3n) is 2.77. The topological polar surface area (TPSA) is 50.1 Å². The second-order valence-electron chi connectivity index (χ2n) is 3.99. The maximum absolute atomic E-state index is 13.5. The highest BCUT2D eigenvalue weighted by Gasteiger charge is 2.13. The highest BCUT2D eigenvalue weighted by atomic mass is 19.1. The van der Waals surface area contributed by atoms with E-state index in [1.807, 2.05) is 13.1 Å². The molecule has 1 atom stereocenters. The first-order chi connectivity index (χ1) is 8.74. The molecule has 0 saturated heterocycles. The summed E-state index contributed by atoms with van der Waals surface area (Å²) < 4.78 is 15.3. The van der Waals surface area contributed by atoms with Crippen LogP contribution in [0, 0.1) is 5.82 Å². The highest BCUT2D eigenvalue weighted by Crippen LogP contribution is 2.21. The Labute approximate surface area is 105 Å². The Morgan fingerprint density at radius 2 is 2.22 bits per heavy atom. The Morgan fingerprint density at radius 1 is 1.44 bits per heavy atom. The van der Waals surface area contributed by atoms with Crippen molar-refractivity contribution < 1.29 is 9.50 Å². The lowest BCUT2D eigenvalue weighted by molar-refractivity contribution is 0.276. The third kappa shape index (κ3) is 2.68. The van der Waals surface area contributed by atoms with Crippen LogP contribution >= 0.6 is 0 Å². The van der Waals surface area contributed by atoms with Gasteiger partial charge in [0.25, 0.3) is 0 Å². The number of para-hydroxylation sites is 1. The molecule has 2 rings (SSSR count). The van der Waals surface area contributed by atoms with Crippen LogP contribution in [0.25, 0.3) is 0 Å². The number of nitrogens with one attached hydrogen (secondary N) is 1. The van der Waals surface area contributed by atoms with E-state index in [1.54, 1.807) is 29.1 Å². The minimum atomic E-state index is -0.359. The summed E-state index contributed by atoms with van der Waals surface area (Å²) in [5.41, 5.74) is 1.21. The molecule has 0 bridgehead atoms. The van der Waals surface area contributed by atoms with Crippen LogP contribution in [-0.2, 0) is 6.54 Å². The van der Waals surface area contributed by atoms with E-state index in [4.69, 9.17) is 0 Å². The van der Waals surface area contributed by atoms with Gasteiger partial charge in [-0.05, 0) is 19.1 Å². The summed E-state index contributed by atoms with van der Waals surface area (Å²) >= 11 is 0. The number of rotatable bonds is 5. The summed E-state index contributed by atoms with van der Waals surface area (Å²) in [5.74, 6) is -0.334. The van der Waals surface area contributed by atoms with Crippen LogP contribution in [0.5, 0.6) is 0 Å². The summed E-state index contributed by atoms with van der Waals surface area (Å²) in [6.45, 7) is 2.62. The van der Waals surface area contributed by atoms with Gasteiger partial charge >= 0.3 is 0 Å². The Morgan fingerprint density at radius 3 is 2.83 bits per heavy atom. The van der Waals surface area contributed by atoms with E-state index in [0.29, 0.717) is 5.69 Å². The van der Waals surface area contributed by atoms with E-state index < -0.39 is 0 Å². The van der Waals surface area contributed by atoms with E-state index in [2.05, 4.69) is 10.4 Å². The Balaban J connectivity index is 2.17. The average molecular weight is 249 g/mol. The van der Waals surface area contributed by atoms with Crippen molar-refractivity contribution in [1.82, 2.24) is 9.78 Å². The van der Waals surface area contributed by atoms with E-state index >= 15 is 0 Å². The first kappa shape index (κ1) is 12.6. The molecule has 96 valence electrons. The number of anilines is 1. The lowest BCUT2D eigenvalue weighted by Crippen LogP contribution is -2.15. The van der Waals surface area contributed by atoms with Crippen molar-refractivity contribution in [3.63, 3.8) is 0 Å². The molecule has 2 N–H and O–H groups in total. The molecule has 0 radical (unpaired) electrons. The summed E-state index contributed by atoms with van der Waals surface area (Å²) in [6, 6.07) is 6.04. The summed E-state index contributed by atoms with van der Waals surface area (Å²) in [4.78, 5) is 0. The molecule has 1 heterocycles. The van der Waals surface area contributed by atoms with Crippen LogP contribution in [0.4, 0.5) is 10.1 Å². The summed E-state index contributed by atoms with van der Waals surface area (Å²) in [5, 5.41) is 16.5. The Kier molecular flexibility index (Phi) is 3.94. The minimum Gasteiger partial charge on any atom is -0.394 e. The van der Waals surface area contributed by atoms with Crippen LogP contribution in [0.1, 0.15) is 18.5 Å². The largest absolute Gasteiger partial charge is 0.394 e. The SMILES string of the molecule is CCn1cc(C(CO)Nc2ccccc2F)cn1. The van der Waals surface area contributed by atoms with Crippen LogP contribution < -0.4 is 5.32 Å². The fourth-order valence-electron chi connectivity index (χ4n) is 1.73. The third-order valence-corrected chi connectivity index (χ3v) is 2.77. The molecule has 0 fully saturated rings. The zero-order chi connectivity index (χ0) is 13.0. The molecular weight excluding hydrogens is 233 g/mol. The predicted molar refractivity (Wildman–Crippen MR) is 67.8 cm³/mol. The molecule has 1 aromatic carbocycles. The fraction of sp³-hybridized carbons (Fsp3) is 0.308. The number of hydrogen-bond donors (Lipinski definition) is 2. The Bertz CT molecular complexity index is 512. The monoisotopic (exact) mass is 249 g/mol. The highest BCUT2D eigenvalue weighted by molar-refractivity contribution is 5.46. The molecular formula is C13H16FN3O. The molecule has 4 nitrogen and oxygen atoms in total. The van der Waals surface area contributed by atoms with Gasteiger partial charge in [0, 0.05) is 18.3 Å². The smallest absolute Gasteiger partial charge is 0.146 e. The lowest BCUT2D eigenvalue weighted by Gasteiger charge is -2.16. The van der Waals surface area contributed by atoms with Gasteiger partial charge in [-0.15, -0.1) is 0 Å². The van der Waals surface area contributed by atoms with Gasteiger partial charge in [0.05, 0.1) is 24.5 Å².